The monoisotopic (exact) mass is 480 g/mol. The first-order valence-electron chi connectivity index (χ1n) is 11.8. The van der Waals surface area contributed by atoms with E-state index in [1.54, 1.807) is 28.0 Å². The van der Waals surface area contributed by atoms with E-state index in [-0.39, 0.29) is 5.91 Å². The predicted octanol–water partition coefficient (Wildman–Crippen LogP) is 4.04. The average molecular weight is 481 g/mol. The third-order valence-corrected chi connectivity index (χ3v) is 8.47. The molecule has 1 aliphatic rings. The fourth-order valence-corrected chi connectivity index (χ4v) is 6.32. The summed E-state index contributed by atoms with van der Waals surface area (Å²) in [7, 11) is -3.57. The maximum absolute atomic E-state index is 13.4. The summed E-state index contributed by atoms with van der Waals surface area (Å²) in [5.41, 5.74) is 3.74. The Morgan fingerprint density at radius 3 is 2.21 bits per heavy atom. The number of nitrogens with one attached hydrogen (secondary N) is 1. The summed E-state index contributed by atoms with van der Waals surface area (Å²) in [6, 6.07) is 17.1. The summed E-state index contributed by atoms with van der Waals surface area (Å²) < 4.78 is 30.1. The van der Waals surface area contributed by atoms with Crippen molar-refractivity contribution in [3.8, 4) is 0 Å². The Morgan fingerprint density at radius 2 is 1.56 bits per heavy atom. The lowest BCUT2D eigenvalue weighted by Crippen LogP contribution is -2.32. The molecule has 4 rings (SSSR count). The standard InChI is InChI=1S/C26H32N4O3S/c1-20-25(34(32,33)29-16-8-3-4-9-17-29)21(2)30(28-20)19-23-12-14-24(15-13-23)26(31)27-18-22-10-6-5-7-11-22/h5-7,10-15H,3-4,8-9,16-19H2,1-2H3,(H,27,31). The molecule has 1 saturated heterocycles. The third kappa shape index (κ3) is 5.39. The summed E-state index contributed by atoms with van der Waals surface area (Å²) in [6.45, 7) is 5.63. The normalized spacial score (nSPS) is 15.1. The number of carbonyl (C=O) groups excluding carboxylic acids is 1. The summed E-state index contributed by atoms with van der Waals surface area (Å²) in [4.78, 5) is 12.8. The lowest BCUT2D eigenvalue weighted by molar-refractivity contribution is 0.0951. The molecule has 8 heteroatoms. The molecule has 1 aliphatic heterocycles. The van der Waals surface area contributed by atoms with Crippen molar-refractivity contribution in [2.75, 3.05) is 13.1 Å². The highest BCUT2D eigenvalue weighted by atomic mass is 32.2. The van der Waals surface area contributed by atoms with Gasteiger partial charge >= 0.3 is 0 Å². The molecule has 0 spiro atoms. The van der Waals surface area contributed by atoms with Gasteiger partial charge in [0.25, 0.3) is 5.91 Å². The smallest absolute Gasteiger partial charge is 0.251 e. The van der Waals surface area contributed by atoms with Crippen LogP contribution in [0.15, 0.2) is 59.5 Å². The number of aromatic nitrogens is 2. The molecule has 1 amide bonds. The van der Waals surface area contributed by atoms with Crippen molar-refractivity contribution in [3.63, 3.8) is 0 Å². The SMILES string of the molecule is Cc1nn(Cc2ccc(C(=O)NCc3ccccc3)cc2)c(C)c1S(=O)(=O)N1CCCCCC1. The zero-order chi connectivity index (χ0) is 24.1. The van der Waals surface area contributed by atoms with E-state index in [1.165, 1.54) is 0 Å². The number of hydrogen-bond donors (Lipinski definition) is 1. The highest BCUT2D eigenvalue weighted by molar-refractivity contribution is 7.89. The molecule has 0 bridgehead atoms. The van der Waals surface area contributed by atoms with E-state index in [0.717, 1.165) is 36.8 Å². The molecule has 3 aromatic rings. The molecule has 1 fully saturated rings. The molecular weight excluding hydrogens is 448 g/mol. The Kier molecular flexibility index (Phi) is 7.48. The van der Waals surface area contributed by atoms with Gasteiger partial charge in [0.15, 0.2) is 0 Å². The van der Waals surface area contributed by atoms with Crippen LogP contribution in [0.1, 0.15) is 58.6 Å². The van der Waals surface area contributed by atoms with Crippen LogP contribution in [0.2, 0.25) is 0 Å². The van der Waals surface area contributed by atoms with Crippen LogP contribution in [0.3, 0.4) is 0 Å². The van der Waals surface area contributed by atoms with E-state index in [1.807, 2.05) is 49.4 Å². The molecule has 7 nitrogen and oxygen atoms in total. The number of hydrogen-bond acceptors (Lipinski definition) is 4. The number of amides is 1. The van der Waals surface area contributed by atoms with Gasteiger partial charge in [-0.2, -0.15) is 9.40 Å². The van der Waals surface area contributed by atoms with Crippen LogP contribution in [0.5, 0.6) is 0 Å². The quantitative estimate of drug-likeness (QED) is 0.553. The first kappa shape index (κ1) is 24.2. The lowest BCUT2D eigenvalue weighted by atomic mass is 10.1. The molecular formula is C26H32N4O3S. The van der Waals surface area contributed by atoms with Crippen LogP contribution < -0.4 is 5.32 Å². The fraction of sp³-hybridized carbons (Fsp3) is 0.385. The number of rotatable bonds is 7. The van der Waals surface area contributed by atoms with Gasteiger partial charge in [0.2, 0.25) is 10.0 Å². The van der Waals surface area contributed by atoms with E-state index < -0.39 is 10.0 Å². The van der Waals surface area contributed by atoms with Crippen molar-refractivity contribution >= 4 is 15.9 Å². The van der Waals surface area contributed by atoms with Gasteiger partial charge in [-0.1, -0.05) is 55.3 Å². The zero-order valence-electron chi connectivity index (χ0n) is 19.8. The molecule has 1 N–H and O–H groups in total. The number of benzene rings is 2. The Morgan fingerprint density at radius 1 is 0.912 bits per heavy atom. The minimum absolute atomic E-state index is 0.132. The van der Waals surface area contributed by atoms with E-state index in [4.69, 9.17) is 0 Å². The van der Waals surface area contributed by atoms with Gasteiger partial charge in [0.05, 0.1) is 17.9 Å². The topological polar surface area (TPSA) is 84.3 Å². The molecule has 0 atom stereocenters. The van der Waals surface area contributed by atoms with Crippen LogP contribution >= 0.6 is 0 Å². The average Bonchev–Trinajstić information content (AvgIpc) is 3.01. The van der Waals surface area contributed by atoms with Crippen molar-refractivity contribution in [1.29, 1.82) is 0 Å². The van der Waals surface area contributed by atoms with E-state index in [0.29, 0.717) is 48.0 Å². The Bertz CT molecular complexity index is 1230. The second-order valence-corrected chi connectivity index (χ2v) is 10.7. The van der Waals surface area contributed by atoms with Crippen LogP contribution in [0.25, 0.3) is 0 Å². The number of sulfonamides is 1. The van der Waals surface area contributed by atoms with Crippen LogP contribution in [0.4, 0.5) is 0 Å². The predicted molar refractivity (Wildman–Crippen MR) is 132 cm³/mol. The number of carbonyl (C=O) groups is 1. The molecule has 2 heterocycles. The maximum Gasteiger partial charge on any atom is 0.251 e. The zero-order valence-corrected chi connectivity index (χ0v) is 20.6. The van der Waals surface area contributed by atoms with Crippen molar-refractivity contribution in [2.24, 2.45) is 0 Å². The van der Waals surface area contributed by atoms with E-state index in [2.05, 4.69) is 10.4 Å². The fourth-order valence-electron chi connectivity index (χ4n) is 4.43. The Labute approximate surface area is 201 Å². The van der Waals surface area contributed by atoms with E-state index >= 15 is 0 Å². The third-order valence-electron chi connectivity index (χ3n) is 6.32. The van der Waals surface area contributed by atoms with Crippen molar-refractivity contribution in [2.45, 2.75) is 57.5 Å². The first-order chi connectivity index (χ1) is 16.4. The van der Waals surface area contributed by atoms with Gasteiger partial charge < -0.3 is 5.32 Å². The Balaban J connectivity index is 1.45. The van der Waals surface area contributed by atoms with Gasteiger partial charge in [-0.05, 0) is 49.9 Å². The van der Waals surface area contributed by atoms with Gasteiger partial charge in [-0.25, -0.2) is 8.42 Å². The summed E-state index contributed by atoms with van der Waals surface area (Å²) >= 11 is 0. The van der Waals surface area contributed by atoms with Gasteiger partial charge in [0.1, 0.15) is 4.90 Å². The highest BCUT2D eigenvalue weighted by Gasteiger charge is 2.31. The lowest BCUT2D eigenvalue weighted by Gasteiger charge is -2.20. The Hall–Kier alpha value is -2.97. The molecule has 0 unspecified atom stereocenters. The maximum atomic E-state index is 13.4. The number of nitrogens with zero attached hydrogens (tertiary/aromatic N) is 3. The van der Waals surface area contributed by atoms with Gasteiger partial charge in [0, 0.05) is 25.2 Å². The van der Waals surface area contributed by atoms with Crippen molar-refractivity contribution in [1.82, 2.24) is 19.4 Å². The molecule has 1 aromatic heterocycles. The van der Waals surface area contributed by atoms with Crippen LogP contribution in [0, 0.1) is 13.8 Å². The second-order valence-electron chi connectivity index (χ2n) is 8.84. The number of aryl methyl sites for hydroxylation is 1. The second kappa shape index (κ2) is 10.5. The first-order valence-corrected chi connectivity index (χ1v) is 13.3. The van der Waals surface area contributed by atoms with E-state index in [9.17, 15) is 13.2 Å². The van der Waals surface area contributed by atoms with Crippen LogP contribution in [-0.2, 0) is 23.1 Å². The van der Waals surface area contributed by atoms with Crippen molar-refractivity contribution < 1.29 is 13.2 Å². The molecule has 2 aromatic carbocycles. The summed E-state index contributed by atoms with van der Waals surface area (Å²) in [5, 5.41) is 7.47. The summed E-state index contributed by atoms with van der Waals surface area (Å²) in [6.07, 6.45) is 3.94. The molecule has 0 aliphatic carbocycles. The molecule has 180 valence electrons. The molecule has 0 radical (unpaired) electrons. The van der Waals surface area contributed by atoms with Gasteiger partial charge in [-0.3, -0.25) is 9.48 Å². The highest BCUT2D eigenvalue weighted by Crippen LogP contribution is 2.26. The van der Waals surface area contributed by atoms with Crippen molar-refractivity contribution in [3.05, 3.63) is 82.7 Å². The largest absolute Gasteiger partial charge is 0.348 e. The van der Waals surface area contributed by atoms with Crippen LogP contribution in [-0.4, -0.2) is 41.5 Å². The minimum atomic E-state index is -3.57. The van der Waals surface area contributed by atoms with Gasteiger partial charge in [-0.15, -0.1) is 0 Å². The summed E-state index contributed by atoms with van der Waals surface area (Å²) in [5.74, 6) is -0.132. The molecule has 34 heavy (non-hydrogen) atoms. The molecule has 0 saturated carbocycles. The minimum Gasteiger partial charge on any atom is -0.348 e.